The van der Waals surface area contributed by atoms with E-state index in [9.17, 15) is 0 Å². The molecule has 2 N–H and O–H groups in total. The van der Waals surface area contributed by atoms with E-state index in [1.807, 2.05) is 0 Å². The van der Waals surface area contributed by atoms with Crippen LogP contribution in [-0.2, 0) is 0 Å². The molecule has 1 unspecified atom stereocenters. The Hall–Kier alpha value is -0.0800. The maximum atomic E-state index is 5.89. The lowest BCUT2D eigenvalue weighted by molar-refractivity contribution is 0.0919. The van der Waals surface area contributed by atoms with Crippen LogP contribution in [0.5, 0.6) is 0 Å². The van der Waals surface area contributed by atoms with Crippen molar-refractivity contribution in [2.75, 3.05) is 13.6 Å². The highest BCUT2D eigenvalue weighted by Crippen LogP contribution is 2.29. The van der Waals surface area contributed by atoms with Crippen molar-refractivity contribution in [3.05, 3.63) is 0 Å². The van der Waals surface area contributed by atoms with E-state index in [0.717, 1.165) is 12.6 Å². The summed E-state index contributed by atoms with van der Waals surface area (Å²) in [6.07, 6.45) is 5.53. The standard InChI is InChI=1S/C12H26N2/c1-12(2,3)11(9-13)14(4)10-7-5-6-8-10/h10-11H,5-9,13H2,1-4H3. The Balaban J connectivity index is 2.59. The number of nitrogens with two attached hydrogens (primary N) is 1. The van der Waals surface area contributed by atoms with Gasteiger partial charge in [0.1, 0.15) is 0 Å². The Bertz CT molecular complexity index is 166. The molecule has 0 amide bonds. The van der Waals surface area contributed by atoms with Gasteiger partial charge in [-0.3, -0.25) is 4.90 Å². The van der Waals surface area contributed by atoms with Crippen molar-refractivity contribution in [1.82, 2.24) is 4.90 Å². The van der Waals surface area contributed by atoms with E-state index >= 15 is 0 Å². The van der Waals surface area contributed by atoms with E-state index in [0.29, 0.717) is 11.5 Å². The molecule has 0 radical (unpaired) electrons. The molecular weight excluding hydrogens is 172 g/mol. The Labute approximate surface area is 88.8 Å². The highest BCUT2D eigenvalue weighted by Gasteiger charge is 2.32. The quantitative estimate of drug-likeness (QED) is 0.753. The Kier molecular flexibility index (Phi) is 3.96. The topological polar surface area (TPSA) is 29.3 Å². The van der Waals surface area contributed by atoms with Gasteiger partial charge in [-0.05, 0) is 25.3 Å². The molecule has 0 saturated heterocycles. The van der Waals surface area contributed by atoms with Crippen LogP contribution in [0.15, 0.2) is 0 Å². The molecule has 1 aliphatic carbocycles. The van der Waals surface area contributed by atoms with Crippen molar-refractivity contribution < 1.29 is 0 Å². The summed E-state index contributed by atoms with van der Waals surface area (Å²) in [5, 5.41) is 0. The highest BCUT2D eigenvalue weighted by atomic mass is 15.2. The lowest BCUT2D eigenvalue weighted by atomic mass is 9.85. The number of hydrogen-bond acceptors (Lipinski definition) is 2. The Morgan fingerprint density at radius 2 is 1.79 bits per heavy atom. The van der Waals surface area contributed by atoms with Gasteiger partial charge in [0.15, 0.2) is 0 Å². The molecular formula is C12H26N2. The van der Waals surface area contributed by atoms with Crippen molar-refractivity contribution in [3.8, 4) is 0 Å². The minimum atomic E-state index is 0.298. The number of likely N-dealkylation sites (N-methyl/N-ethyl adjacent to an activating group) is 1. The Morgan fingerprint density at radius 1 is 1.29 bits per heavy atom. The second-order valence-electron chi connectivity index (χ2n) is 5.72. The van der Waals surface area contributed by atoms with Gasteiger partial charge in [-0.1, -0.05) is 33.6 Å². The van der Waals surface area contributed by atoms with Gasteiger partial charge in [0.05, 0.1) is 0 Å². The van der Waals surface area contributed by atoms with Gasteiger partial charge in [0.25, 0.3) is 0 Å². The smallest absolute Gasteiger partial charge is 0.0266 e. The summed E-state index contributed by atoms with van der Waals surface area (Å²) in [4.78, 5) is 2.52. The fourth-order valence-corrected chi connectivity index (χ4v) is 2.70. The first kappa shape index (κ1) is 12.0. The monoisotopic (exact) mass is 198 g/mol. The molecule has 2 nitrogen and oxygen atoms in total. The minimum Gasteiger partial charge on any atom is -0.329 e. The zero-order valence-corrected chi connectivity index (χ0v) is 10.2. The van der Waals surface area contributed by atoms with Gasteiger partial charge in [0.2, 0.25) is 0 Å². The number of nitrogens with zero attached hydrogens (tertiary/aromatic N) is 1. The van der Waals surface area contributed by atoms with Crippen LogP contribution in [0.1, 0.15) is 46.5 Å². The summed E-state index contributed by atoms with van der Waals surface area (Å²) in [6.45, 7) is 7.64. The van der Waals surface area contributed by atoms with Crippen LogP contribution in [0.4, 0.5) is 0 Å². The van der Waals surface area contributed by atoms with Crippen molar-refractivity contribution in [3.63, 3.8) is 0 Å². The fraction of sp³-hybridized carbons (Fsp3) is 1.00. The lowest BCUT2D eigenvalue weighted by Crippen LogP contribution is -2.50. The molecule has 2 heteroatoms. The van der Waals surface area contributed by atoms with Crippen molar-refractivity contribution in [2.24, 2.45) is 11.1 Å². The third-order valence-electron chi connectivity index (χ3n) is 3.62. The minimum absolute atomic E-state index is 0.298. The molecule has 0 aromatic heterocycles. The van der Waals surface area contributed by atoms with Crippen molar-refractivity contribution in [1.29, 1.82) is 0 Å². The zero-order valence-electron chi connectivity index (χ0n) is 10.2. The second kappa shape index (κ2) is 4.63. The molecule has 0 aromatic rings. The maximum absolute atomic E-state index is 5.89. The molecule has 1 aliphatic rings. The summed E-state index contributed by atoms with van der Waals surface area (Å²) in [5.41, 5.74) is 6.18. The summed E-state index contributed by atoms with van der Waals surface area (Å²) in [6, 6.07) is 1.30. The van der Waals surface area contributed by atoms with Gasteiger partial charge in [-0.2, -0.15) is 0 Å². The van der Waals surface area contributed by atoms with Gasteiger partial charge in [0, 0.05) is 18.6 Å². The van der Waals surface area contributed by atoms with Gasteiger partial charge in [-0.15, -0.1) is 0 Å². The van der Waals surface area contributed by atoms with Crippen LogP contribution < -0.4 is 5.73 Å². The molecule has 1 atom stereocenters. The summed E-state index contributed by atoms with van der Waals surface area (Å²) in [5.74, 6) is 0. The molecule has 1 rings (SSSR count). The average Bonchev–Trinajstić information content (AvgIpc) is 2.53. The molecule has 1 fully saturated rings. The second-order valence-corrected chi connectivity index (χ2v) is 5.72. The molecule has 0 bridgehead atoms. The van der Waals surface area contributed by atoms with Gasteiger partial charge >= 0.3 is 0 Å². The first-order chi connectivity index (χ1) is 6.46. The molecule has 0 spiro atoms. The molecule has 0 aliphatic heterocycles. The average molecular weight is 198 g/mol. The third kappa shape index (κ3) is 2.71. The van der Waals surface area contributed by atoms with Gasteiger partial charge in [-0.25, -0.2) is 0 Å². The summed E-state index contributed by atoms with van der Waals surface area (Å²) in [7, 11) is 2.25. The van der Waals surface area contributed by atoms with Crippen LogP contribution in [0, 0.1) is 5.41 Å². The van der Waals surface area contributed by atoms with Crippen molar-refractivity contribution in [2.45, 2.75) is 58.5 Å². The number of hydrogen-bond donors (Lipinski definition) is 1. The van der Waals surface area contributed by atoms with E-state index in [2.05, 4.69) is 32.7 Å². The third-order valence-corrected chi connectivity index (χ3v) is 3.62. The van der Waals surface area contributed by atoms with Crippen LogP contribution >= 0.6 is 0 Å². The molecule has 0 aromatic carbocycles. The van der Waals surface area contributed by atoms with Crippen LogP contribution in [0.2, 0.25) is 0 Å². The fourth-order valence-electron chi connectivity index (χ4n) is 2.70. The summed E-state index contributed by atoms with van der Waals surface area (Å²) >= 11 is 0. The van der Waals surface area contributed by atoms with Crippen molar-refractivity contribution >= 4 is 0 Å². The Morgan fingerprint density at radius 3 is 2.14 bits per heavy atom. The van der Waals surface area contributed by atoms with E-state index in [1.165, 1.54) is 25.7 Å². The molecule has 0 heterocycles. The first-order valence-electron chi connectivity index (χ1n) is 5.89. The SMILES string of the molecule is CN(C1CCCC1)C(CN)C(C)(C)C. The van der Waals surface area contributed by atoms with E-state index in [-0.39, 0.29) is 0 Å². The molecule has 84 valence electrons. The van der Waals surface area contributed by atoms with Crippen LogP contribution in [0.3, 0.4) is 0 Å². The zero-order chi connectivity index (χ0) is 10.8. The lowest BCUT2D eigenvalue weighted by Gasteiger charge is -2.40. The predicted molar refractivity (Wildman–Crippen MR) is 62.3 cm³/mol. The molecule has 14 heavy (non-hydrogen) atoms. The highest BCUT2D eigenvalue weighted by molar-refractivity contribution is 4.87. The van der Waals surface area contributed by atoms with E-state index in [4.69, 9.17) is 5.73 Å². The summed E-state index contributed by atoms with van der Waals surface area (Å²) < 4.78 is 0. The first-order valence-corrected chi connectivity index (χ1v) is 5.89. The van der Waals surface area contributed by atoms with Crippen LogP contribution in [-0.4, -0.2) is 30.6 Å². The van der Waals surface area contributed by atoms with E-state index < -0.39 is 0 Å². The normalized spacial score (nSPS) is 21.9. The van der Waals surface area contributed by atoms with Crippen LogP contribution in [0.25, 0.3) is 0 Å². The number of rotatable bonds is 3. The maximum Gasteiger partial charge on any atom is 0.0266 e. The predicted octanol–water partition coefficient (Wildman–Crippen LogP) is 2.23. The van der Waals surface area contributed by atoms with E-state index in [1.54, 1.807) is 0 Å². The largest absolute Gasteiger partial charge is 0.329 e. The van der Waals surface area contributed by atoms with Gasteiger partial charge < -0.3 is 5.73 Å². The molecule has 1 saturated carbocycles.